The van der Waals surface area contributed by atoms with Crippen molar-refractivity contribution in [3.05, 3.63) is 98.8 Å². The highest BCUT2D eigenvalue weighted by Gasteiger charge is 2.31. The van der Waals surface area contributed by atoms with E-state index in [1.807, 2.05) is 0 Å². The lowest BCUT2D eigenvalue weighted by Gasteiger charge is -2.26. The summed E-state index contributed by atoms with van der Waals surface area (Å²) in [5, 5.41) is 20.5. The topological polar surface area (TPSA) is 148 Å². The number of fused-ring (bicyclic) bond motifs is 1. The number of pyridine rings is 1. The summed E-state index contributed by atoms with van der Waals surface area (Å²) >= 11 is 6.47. The Morgan fingerprint density at radius 1 is 1.14 bits per heavy atom. The number of nitro benzene ring substituents is 1. The van der Waals surface area contributed by atoms with Gasteiger partial charge in [0, 0.05) is 28.5 Å². The van der Waals surface area contributed by atoms with E-state index in [4.69, 9.17) is 16.0 Å². The highest BCUT2D eigenvalue weighted by molar-refractivity contribution is 6.31. The molecule has 3 N–H and O–H groups in total. The zero-order valence-electron chi connectivity index (χ0n) is 18.7. The predicted octanol–water partition coefficient (Wildman–Crippen LogP) is 4.81. The van der Waals surface area contributed by atoms with Crippen LogP contribution in [0.1, 0.15) is 18.5 Å². The summed E-state index contributed by atoms with van der Waals surface area (Å²) in [4.78, 5) is 37.1. The van der Waals surface area contributed by atoms with Crippen molar-refractivity contribution >= 4 is 52.1 Å². The lowest BCUT2D eigenvalue weighted by atomic mass is 9.95. The van der Waals surface area contributed by atoms with Crippen LogP contribution < -0.4 is 16.0 Å². The fourth-order valence-electron chi connectivity index (χ4n) is 3.81. The Hall–Kier alpha value is -4.77. The average molecular weight is 504 g/mol. The number of hydrogen-bond acceptors (Lipinski definition) is 9. The molecule has 3 heterocycles. The van der Waals surface area contributed by atoms with Crippen molar-refractivity contribution < 1.29 is 14.1 Å². The molecule has 2 aromatic heterocycles. The first-order valence-electron chi connectivity index (χ1n) is 10.7. The number of nitrogens with one attached hydrogen (secondary N) is 3. The summed E-state index contributed by atoms with van der Waals surface area (Å²) < 4.78 is 5.60. The Balaban J connectivity index is 1.50. The number of rotatable bonds is 5. The van der Waals surface area contributed by atoms with E-state index in [0.29, 0.717) is 33.2 Å². The fraction of sp³-hybridized carbons (Fsp3) is 0.0833. The number of para-hydroxylation sites is 1. The van der Waals surface area contributed by atoms with Gasteiger partial charge in [0.2, 0.25) is 11.5 Å². The maximum Gasteiger partial charge on any atom is 0.313 e. The van der Waals surface area contributed by atoms with Gasteiger partial charge >= 0.3 is 11.7 Å². The van der Waals surface area contributed by atoms with Crippen LogP contribution in [0.4, 0.5) is 17.5 Å². The first-order valence-corrected chi connectivity index (χ1v) is 11.1. The molecule has 5 rings (SSSR count). The van der Waals surface area contributed by atoms with E-state index in [-0.39, 0.29) is 23.2 Å². The van der Waals surface area contributed by atoms with Crippen molar-refractivity contribution in [2.45, 2.75) is 13.0 Å². The number of carbonyl (C=O) groups excluding carboxylic acids is 1. The molecule has 1 aliphatic heterocycles. The summed E-state index contributed by atoms with van der Waals surface area (Å²) in [6.45, 7) is 1.73. The van der Waals surface area contributed by atoms with Crippen LogP contribution in [0, 0.1) is 10.1 Å². The number of carbonyl (C=O) groups is 1. The van der Waals surface area contributed by atoms with Crippen LogP contribution in [0.2, 0.25) is 5.02 Å². The number of oxazole rings is 1. The Kier molecular flexibility index (Phi) is 6.05. The monoisotopic (exact) mass is 503 g/mol. The largest absolute Gasteiger partial charge is 0.416 e. The molecule has 180 valence electrons. The SMILES string of the molecule is CC1=C(C(=O)Nc2ccccn2)C(c2ccccc2Cl)N=C(Nc2nc3cccc([N+](=O)[O-])c3o2)N1. The minimum atomic E-state index is -0.773. The molecule has 0 bridgehead atoms. The quantitative estimate of drug-likeness (QED) is 0.259. The van der Waals surface area contributed by atoms with E-state index in [2.05, 4.69) is 30.9 Å². The maximum atomic E-state index is 13.3. The van der Waals surface area contributed by atoms with Crippen LogP contribution in [0.15, 0.2) is 87.5 Å². The Bertz CT molecular complexity index is 1550. The van der Waals surface area contributed by atoms with Gasteiger partial charge in [0.1, 0.15) is 17.4 Å². The van der Waals surface area contributed by atoms with E-state index in [9.17, 15) is 14.9 Å². The molecule has 1 unspecified atom stereocenters. The molecule has 1 amide bonds. The summed E-state index contributed by atoms with van der Waals surface area (Å²) in [6.07, 6.45) is 1.58. The van der Waals surface area contributed by atoms with Gasteiger partial charge in [0.25, 0.3) is 5.91 Å². The average Bonchev–Trinajstić information content (AvgIpc) is 3.26. The minimum Gasteiger partial charge on any atom is -0.416 e. The normalized spacial score (nSPS) is 15.3. The second kappa shape index (κ2) is 9.47. The second-order valence-electron chi connectivity index (χ2n) is 7.76. The highest BCUT2D eigenvalue weighted by Crippen LogP contribution is 2.35. The van der Waals surface area contributed by atoms with E-state index in [1.165, 1.54) is 12.1 Å². The first kappa shape index (κ1) is 23.0. The summed E-state index contributed by atoms with van der Waals surface area (Å²) in [5.74, 6) is 0.214. The van der Waals surface area contributed by atoms with Gasteiger partial charge in [-0.3, -0.25) is 20.2 Å². The minimum absolute atomic E-state index is 0.00218. The van der Waals surface area contributed by atoms with Gasteiger partial charge in [-0.1, -0.05) is 41.9 Å². The number of amides is 1. The Morgan fingerprint density at radius 3 is 2.69 bits per heavy atom. The number of aromatic nitrogens is 2. The molecule has 4 aromatic rings. The molecule has 11 nitrogen and oxygen atoms in total. The van der Waals surface area contributed by atoms with Gasteiger partial charge < -0.3 is 15.1 Å². The van der Waals surface area contributed by atoms with Crippen LogP contribution in [0.5, 0.6) is 0 Å². The number of nitro groups is 1. The molecule has 0 radical (unpaired) electrons. The molecule has 12 heteroatoms. The molecule has 1 aliphatic rings. The lowest BCUT2D eigenvalue weighted by Crippen LogP contribution is -2.37. The molecule has 2 aromatic carbocycles. The van der Waals surface area contributed by atoms with Crippen LogP contribution in [-0.4, -0.2) is 26.8 Å². The summed E-state index contributed by atoms with van der Waals surface area (Å²) in [6, 6.07) is 16.0. The van der Waals surface area contributed by atoms with E-state index in [1.54, 1.807) is 61.7 Å². The third-order valence-electron chi connectivity index (χ3n) is 5.41. The molecule has 36 heavy (non-hydrogen) atoms. The first-order chi connectivity index (χ1) is 17.4. The fourth-order valence-corrected chi connectivity index (χ4v) is 4.05. The van der Waals surface area contributed by atoms with E-state index in [0.717, 1.165) is 0 Å². The van der Waals surface area contributed by atoms with Gasteiger partial charge in [-0.25, -0.2) is 9.98 Å². The van der Waals surface area contributed by atoms with Gasteiger partial charge in [0.15, 0.2) is 0 Å². The number of allylic oxidation sites excluding steroid dienone is 1. The molecular weight excluding hydrogens is 486 g/mol. The van der Waals surface area contributed by atoms with Gasteiger partial charge in [-0.2, -0.15) is 4.98 Å². The zero-order chi connectivity index (χ0) is 25.2. The number of nitrogens with zero attached hydrogens (tertiary/aromatic N) is 4. The molecular formula is C24H18ClN7O4. The third-order valence-corrected chi connectivity index (χ3v) is 5.75. The zero-order valence-corrected chi connectivity index (χ0v) is 19.5. The van der Waals surface area contributed by atoms with Gasteiger partial charge in [-0.05, 0) is 31.2 Å². The second-order valence-corrected chi connectivity index (χ2v) is 8.17. The summed E-state index contributed by atoms with van der Waals surface area (Å²) in [5.41, 5.74) is 1.60. The smallest absolute Gasteiger partial charge is 0.313 e. The van der Waals surface area contributed by atoms with Crippen LogP contribution in [-0.2, 0) is 4.79 Å². The number of benzene rings is 2. The van der Waals surface area contributed by atoms with Crippen molar-refractivity contribution in [2.75, 3.05) is 10.6 Å². The number of non-ortho nitro benzene ring substituents is 1. The Labute approximate surface area is 209 Å². The summed E-state index contributed by atoms with van der Waals surface area (Å²) in [7, 11) is 0. The number of guanidine groups is 1. The molecule has 0 saturated carbocycles. The number of aliphatic imine (C=N–C) groups is 1. The molecule has 1 atom stereocenters. The highest BCUT2D eigenvalue weighted by atomic mass is 35.5. The van der Waals surface area contributed by atoms with Gasteiger partial charge in [-0.15, -0.1) is 0 Å². The maximum absolute atomic E-state index is 13.3. The van der Waals surface area contributed by atoms with Crippen molar-refractivity contribution in [3.8, 4) is 0 Å². The Morgan fingerprint density at radius 2 is 1.94 bits per heavy atom. The van der Waals surface area contributed by atoms with Crippen LogP contribution in [0.3, 0.4) is 0 Å². The lowest BCUT2D eigenvalue weighted by molar-refractivity contribution is -0.383. The van der Waals surface area contributed by atoms with E-state index >= 15 is 0 Å². The third kappa shape index (κ3) is 4.46. The molecule has 0 aliphatic carbocycles. The van der Waals surface area contributed by atoms with Crippen LogP contribution in [0.25, 0.3) is 11.1 Å². The van der Waals surface area contributed by atoms with Crippen molar-refractivity contribution in [2.24, 2.45) is 4.99 Å². The molecule has 0 spiro atoms. The number of anilines is 2. The standard InChI is InChI=1S/C24H18ClN7O4/c1-13-19(22(33)29-18-11-4-5-12-26-18)20(14-7-2-3-8-15(14)25)30-23(27-13)31-24-28-16-9-6-10-17(32(34)35)21(16)36-24/h2-12,20H,1H3,(H,26,29,33)(H2,27,28,30,31). The van der Waals surface area contributed by atoms with Crippen molar-refractivity contribution in [1.29, 1.82) is 0 Å². The predicted molar refractivity (Wildman–Crippen MR) is 135 cm³/mol. The van der Waals surface area contributed by atoms with Crippen LogP contribution >= 0.6 is 11.6 Å². The molecule has 0 saturated heterocycles. The molecule has 0 fully saturated rings. The number of halogens is 1. The van der Waals surface area contributed by atoms with Crippen molar-refractivity contribution in [1.82, 2.24) is 15.3 Å². The van der Waals surface area contributed by atoms with Gasteiger partial charge in [0.05, 0.1) is 10.5 Å². The van der Waals surface area contributed by atoms with E-state index < -0.39 is 16.9 Å². The van der Waals surface area contributed by atoms with Crippen molar-refractivity contribution in [3.63, 3.8) is 0 Å². The number of hydrogen-bond donors (Lipinski definition) is 3.